The molecule has 0 aromatic carbocycles. The molecule has 0 aliphatic heterocycles. The molecule has 0 N–H and O–H groups in total. The van der Waals surface area contributed by atoms with Crippen LogP contribution in [-0.4, -0.2) is 17.8 Å². The second-order valence-corrected chi connectivity index (χ2v) is 9.60. The summed E-state index contributed by atoms with van der Waals surface area (Å²) in [6, 6.07) is 0. The lowest BCUT2D eigenvalue weighted by atomic mass is 10.1. The van der Waals surface area contributed by atoms with E-state index in [2.05, 4.69) is 50.8 Å². The average Bonchev–Trinajstić information content (AvgIpc) is 3.20. The van der Waals surface area contributed by atoms with Crippen LogP contribution in [0.15, 0.2) is 18.7 Å². The summed E-state index contributed by atoms with van der Waals surface area (Å²) >= 11 is 0. The fourth-order valence-electron chi connectivity index (χ4n) is 2.97. The maximum absolute atomic E-state index is 11.0. The summed E-state index contributed by atoms with van der Waals surface area (Å²) < 4.78 is 24.8. The van der Waals surface area contributed by atoms with Gasteiger partial charge in [-0.05, 0) is 32.1 Å². The molecule has 0 spiro atoms. The van der Waals surface area contributed by atoms with Gasteiger partial charge in [0, 0.05) is 0 Å². The molecule has 0 saturated heterocycles. The molecule has 0 aliphatic rings. The molecule has 6 nitrogen and oxygen atoms in total. The summed E-state index contributed by atoms with van der Waals surface area (Å²) in [6.45, 7) is 11.3. The normalized spacial score (nSPS) is 11.4. The Bertz CT molecular complexity index is 537. The van der Waals surface area contributed by atoms with E-state index in [0.29, 0.717) is 0 Å². The van der Waals surface area contributed by atoms with Crippen LogP contribution in [0.3, 0.4) is 0 Å². The zero-order valence-corrected chi connectivity index (χ0v) is 21.6. The van der Waals surface area contributed by atoms with Crippen LogP contribution in [0, 0.1) is 0 Å². The highest BCUT2D eigenvalue weighted by Gasteiger charge is 2.07. The maximum Gasteiger partial charge on any atom is 0.267 e. The average molecular weight is 461 g/mol. The maximum atomic E-state index is 11.0. The van der Waals surface area contributed by atoms with E-state index in [0.717, 1.165) is 25.7 Å². The van der Waals surface area contributed by atoms with Crippen LogP contribution in [0.25, 0.3) is 0 Å². The van der Waals surface area contributed by atoms with Crippen molar-refractivity contribution in [1.82, 2.24) is 4.57 Å². The molecular weight excluding hydrogens is 411 g/mol. The standard InChI is InChI=1S/C16H31N2.C8H19O4P/c1-3-5-7-8-9-10-11-13-18-15-14-17(16-18)12-6-4-2;1-3-5-7-11-13(9,10)12-8-6-4-2/h14-16H,3-13H2,1-2H3;3-8H2,1-2H3,(H,9,10)/q+1;/p-1. The van der Waals surface area contributed by atoms with Gasteiger partial charge in [-0.15, -0.1) is 0 Å². The quantitative estimate of drug-likeness (QED) is 0.136. The van der Waals surface area contributed by atoms with Crippen molar-refractivity contribution >= 4 is 7.82 Å². The molecule has 0 atom stereocenters. The number of aryl methyl sites for hydroxylation is 2. The van der Waals surface area contributed by atoms with Gasteiger partial charge < -0.3 is 13.9 Å². The lowest BCUT2D eigenvalue weighted by Crippen LogP contribution is -2.30. The van der Waals surface area contributed by atoms with Crippen molar-refractivity contribution in [1.29, 1.82) is 0 Å². The molecule has 1 aromatic heterocycles. The van der Waals surface area contributed by atoms with Crippen LogP contribution in [-0.2, 0) is 26.7 Å². The van der Waals surface area contributed by atoms with E-state index in [-0.39, 0.29) is 13.2 Å². The van der Waals surface area contributed by atoms with Gasteiger partial charge in [-0.3, -0.25) is 4.57 Å². The monoisotopic (exact) mass is 460 g/mol. The number of hydrogen-bond acceptors (Lipinski definition) is 4. The second kappa shape index (κ2) is 21.2. The van der Waals surface area contributed by atoms with Gasteiger partial charge in [0.05, 0.1) is 26.3 Å². The van der Waals surface area contributed by atoms with Crippen molar-refractivity contribution < 1.29 is 23.1 Å². The van der Waals surface area contributed by atoms with E-state index in [1.165, 1.54) is 70.9 Å². The van der Waals surface area contributed by atoms with Gasteiger partial charge in [0.2, 0.25) is 6.33 Å². The molecular formula is C24H49N2O4P. The Balaban J connectivity index is 0.000000615. The lowest BCUT2D eigenvalue weighted by molar-refractivity contribution is -0.696. The molecule has 0 aliphatic carbocycles. The van der Waals surface area contributed by atoms with E-state index >= 15 is 0 Å². The second-order valence-electron chi connectivity index (χ2n) is 8.18. The Labute approximate surface area is 192 Å². The first kappa shape index (κ1) is 30.3. The first-order chi connectivity index (χ1) is 15.0. The summed E-state index contributed by atoms with van der Waals surface area (Å²) in [5.41, 5.74) is 0. The molecule has 0 fully saturated rings. The zero-order chi connectivity index (χ0) is 23.2. The van der Waals surface area contributed by atoms with E-state index in [9.17, 15) is 9.46 Å². The third kappa shape index (κ3) is 19.7. The van der Waals surface area contributed by atoms with Crippen molar-refractivity contribution in [3.8, 4) is 0 Å². The highest BCUT2D eigenvalue weighted by atomic mass is 31.2. The Morgan fingerprint density at radius 3 is 1.84 bits per heavy atom. The largest absolute Gasteiger partial charge is 0.756 e. The van der Waals surface area contributed by atoms with Gasteiger partial charge >= 0.3 is 0 Å². The van der Waals surface area contributed by atoms with Gasteiger partial charge in [0.1, 0.15) is 12.4 Å². The van der Waals surface area contributed by atoms with Crippen molar-refractivity contribution in [2.45, 2.75) is 124 Å². The minimum Gasteiger partial charge on any atom is -0.756 e. The van der Waals surface area contributed by atoms with E-state index in [4.69, 9.17) is 0 Å². The Morgan fingerprint density at radius 1 is 0.774 bits per heavy atom. The number of rotatable bonds is 19. The molecule has 184 valence electrons. The highest BCUT2D eigenvalue weighted by Crippen LogP contribution is 2.38. The molecule has 1 rings (SSSR count). The summed E-state index contributed by atoms with van der Waals surface area (Å²) in [6.07, 6.45) is 22.3. The van der Waals surface area contributed by atoms with Crippen molar-refractivity contribution in [2.24, 2.45) is 0 Å². The van der Waals surface area contributed by atoms with E-state index < -0.39 is 7.82 Å². The van der Waals surface area contributed by atoms with Crippen LogP contribution in [0.5, 0.6) is 0 Å². The van der Waals surface area contributed by atoms with Gasteiger partial charge in [0.25, 0.3) is 7.82 Å². The SMILES string of the molecule is CCCCCCCCC[n+]1ccn(CCCC)c1.CCCCOP(=O)([O-])OCCCC. The number of aromatic nitrogens is 2. The first-order valence-corrected chi connectivity index (χ1v) is 14.1. The number of phosphoric acid groups is 1. The van der Waals surface area contributed by atoms with Gasteiger partial charge in [0.15, 0.2) is 0 Å². The summed E-state index contributed by atoms with van der Waals surface area (Å²) in [4.78, 5) is 11.0. The van der Waals surface area contributed by atoms with Crippen LogP contribution in [0.4, 0.5) is 0 Å². The van der Waals surface area contributed by atoms with Crippen molar-refractivity contribution in [3.05, 3.63) is 18.7 Å². The molecule has 0 saturated carbocycles. The third-order valence-electron chi connectivity index (χ3n) is 5.03. The Kier molecular flexibility index (Phi) is 20.7. The Morgan fingerprint density at radius 2 is 1.29 bits per heavy atom. The van der Waals surface area contributed by atoms with Crippen LogP contribution < -0.4 is 9.46 Å². The van der Waals surface area contributed by atoms with Crippen LogP contribution >= 0.6 is 7.82 Å². The third-order valence-corrected chi connectivity index (χ3v) is 6.03. The summed E-state index contributed by atoms with van der Waals surface area (Å²) in [7, 11) is -4.00. The number of unbranched alkanes of at least 4 members (excludes halogenated alkanes) is 9. The van der Waals surface area contributed by atoms with E-state index in [1.54, 1.807) is 0 Å². The number of phosphoric ester groups is 1. The smallest absolute Gasteiger partial charge is 0.267 e. The van der Waals surface area contributed by atoms with E-state index in [1.807, 2.05) is 13.8 Å². The Hall–Kier alpha value is -0.680. The molecule has 0 radical (unpaired) electrons. The predicted molar refractivity (Wildman–Crippen MR) is 127 cm³/mol. The number of imidazole rings is 1. The minimum absolute atomic E-state index is 0.226. The van der Waals surface area contributed by atoms with Gasteiger partial charge in [-0.2, -0.15) is 0 Å². The first-order valence-electron chi connectivity index (χ1n) is 12.6. The molecule has 1 aromatic rings. The van der Waals surface area contributed by atoms with Gasteiger partial charge in [-0.1, -0.05) is 79.1 Å². The van der Waals surface area contributed by atoms with Gasteiger partial charge in [-0.25, -0.2) is 9.13 Å². The van der Waals surface area contributed by atoms with Crippen molar-refractivity contribution in [3.63, 3.8) is 0 Å². The molecule has 0 amide bonds. The fourth-order valence-corrected chi connectivity index (χ4v) is 3.75. The molecule has 31 heavy (non-hydrogen) atoms. The molecule has 0 bridgehead atoms. The molecule has 7 heteroatoms. The minimum atomic E-state index is -4.00. The number of nitrogens with zero attached hydrogens (tertiary/aromatic N) is 2. The predicted octanol–water partition coefficient (Wildman–Crippen LogP) is 6.41. The number of hydrogen-bond donors (Lipinski definition) is 0. The highest BCUT2D eigenvalue weighted by molar-refractivity contribution is 7.45. The fraction of sp³-hybridized carbons (Fsp3) is 0.875. The summed E-state index contributed by atoms with van der Waals surface area (Å²) in [5, 5.41) is 0. The summed E-state index contributed by atoms with van der Waals surface area (Å²) in [5.74, 6) is 0. The molecule has 1 heterocycles. The molecule has 0 unspecified atom stereocenters. The van der Waals surface area contributed by atoms with Crippen LogP contribution in [0.1, 0.15) is 111 Å². The lowest BCUT2D eigenvalue weighted by Gasteiger charge is -2.22. The van der Waals surface area contributed by atoms with Crippen molar-refractivity contribution in [2.75, 3.05) is 13.2 Å². The zero-order valence-electron chi connectivity index (χ0n) is 20.7. The van der Waals surface area contributed by atoms with Crippen LogP contribution in [0.2, 0.25) is 0 Å². The topological polar surface area (TPSA) is 67.4 Å².